The Morgan fingerprint density at radius 3 is 2.82 bits per heavy atom. The maximum Gasteiger partial charge on any atom is 0.123 e. The molecule has 2 rings (SSSR count). The zero-order valence-electron chi connectivity index (χ0n) is 11.0. The fourth-order valence-corrected chi connectivity index (χ4v) is 2.46. The van der Waals surface area contributed by atoms with E-state index in [9.17, 15) is 0 Å². The summed E-state index contributed by atoms with van der Waals surface area (Å²) in [5, 5.41) is 3.42. The maximum absolute atomic E-state index is 5.42. The van der Waals surface area contributed by atoms with E-state index in [1.165, 1.54) is 17.5 Å². The van der Waals surface area contributed by atoms with Gasteiger partial charge in [-0.2, -0.15) is 0 Å². The fraction of sp³-hybridized carbons (Fsp3) is 0.571. The number of hydrogen-bond donors (Lipinski definition) is 1. The number of ether oxygens (including phenoxy) is 1. The molecule has 0 amide bonds. The Kier molecular flexibility index (Phi) is 4.02. The first-order valence-corrected chi connectivity index (χ1v) is 6.23. The Bertz CT molecular complexity index is 370. The van der Waals surface area contributed by atoms with Crippen LogP contribution in [0.1, 0.15) is 23.5 Å². The number of nitrogens with one attached hydrogen (secondary N) is 1. The lowest BCUT2D eigenvalue weighted by atomic mass is 9.96. The van der Waals surface area contributed by atoms with Gasteiger partial charge in [-0.05, 0) is 44.6 Å². The van der Waals surface area contributed by atoms with E-state index in [0.29, 0.717) is 5.92 Å². The molecule has 1 saturated heterocycles. The first-order chi connectivity index (χ1) is 8.20. The van der Waals surface area contributed by atoms with E-state index >= 15 is 0 Å². The lowest BCUT2D eigenvalue weighted by Crippen LogP contribution is -2.13. The quantitative estimate of drug-likeness (QED) is 0.860. The molecule has 1 fully saturated rings. The highest BCUT2D eigenvalue weighted by molar-refractivity contribution is 5.39. The molecule has 1 aliphatic heterocycles. The van der Waals surface area contributed by atoms with Crippen LogP contribution in [-0.2, 0) is 6.54 Å². The topological polar surface area (TPSA) is 24.5 Å². The van der Waals surface area contributed by atoms with Crippen LogP contribution in [0, 0.1) is 0 Å². The summed E-state index contributed by atoms with van der Waals surface area (Å²) in [6.07, 6.45) is 1.24. The molecular weight excluding hydrogens is 212 g/mol. The zero-order chi connectivity index (χ0) is 12.3. The molecule has 0 bridgehead atoms. The van der Waals surface area contributed by atoms with Gasteiger partial charge in [-0.3, -0.25) is 0 Å². The van der Waals surface area contributed by atoms with E-state index in [1.54, 1.807) is 7.11 Å². The van der Waals surface area contributed by atoms with Crippen LogP contribution in [0.4, 0.5) is 0 Å². The van der Waals surface area contributed by atoms with Gasteiger partial charge in [0, 0.05) is 18.7 Å². The number of benzene rings is 1. The lowest BCUT2D eigenvalue weighted by Gasteiger charge is -2.17. The van der Waals surface area contributed by atoms with Crippen molar-refractivity contribution in [3.63, 3.8) is 0 Å². The summed E-state index contributed by atoms with van der Waals surface area (Å²) in [5.41, 5.74) is 2.72. The van der Waals surface area contributed by atoms with Crippen molar-refractivity contribution in [1.82, 2.24) is 10.2 Å². The Labute approximate surface area is 104 Å². The molecule has 17 heavy (non-hydrogen) atoms. The third-order valence-corrected chi connectivity index (χ3v) is 3.32. The van der Waals surface area contributed by atoms with E-state index < -0.39 is 0 Å². The Morgan fingerprint density at radius 2 is 2.24 bits per heavy atom. The summed E-state index contributed by atoms with van der Waals surface area (Å²) in [6, 6.07) is 6.61. The second-order valence-corrected chi connectivity index (χ2v) is 5.00. The highest BCUT2D eigenvalue weighted by atomic mass is 16.5. The first-order valence-electron chi connectivity index (χ1n) is 6.23. The van der Waals surface area contributed by atoms with Crippen molar-refractivity contribution in [2.75, 3.05) is 34.3 Å². The lowest BCUT2D eigenvalue weighted by molar-refractivity contribution is 0.371. The monoisotopic (exact) mass is 234 g/mol. The summed E-state index contributed by atoms with van der Waals surface area (Å²) in [5.74, 6) is 1.66. The van der Waals surface area contributed by atoms with Crippen LogP contribution in [0.3, 0.4) is 0 Å². The summed E-state index contributed by atoms with van der Waals surface area (Å²) < 4.78 is 5.42. The molecule has 3 nitrogen and oxygen atoms in total. The van der Waals surface area contributed by atoms with Gasteiger partial charge in [-0.1, -0.05) is 12.1 Å². The number of nitrogens with zero attached hydrogens (tertiary/aromatic N) is 1. The fourth-order valence-electron chi connectivity index (χ4n) is 2.46. The predicted molar refractivity (Wildman–Crippen MR) is 70.6 cm³/mol. The predicted octanol–water partition coefficient (Wildman–Crippen LogP) is 1.83. The number of hydrogen-bond acceptors (Lipinski definition) is 3. The first kappa shape index (κ1) is 12.4. The van der Waals surface area contributed by atoms with Gasteiger partial charge in [0.1, 0.15) is 5.75 Å². The van der Waals surface area contributed by atoms with Crippen molar-refractivity contribution in [3.8, 4) is 5.75 Å². The van der Waals surface area contributed by atoms with Crippen LogP contribution in [0.5, 0.6) is 5.75 Å². The third-order valence-electron chi connectivity index (χ3n) is 3.32. The molecule has 0 radical (unpaired) electrons. The summed E-state index contributed by atoms with van der Waals surface area (Å²) in [7, 11) is 5.91. The Balaban J connectivity index is 2.23. The molecule has 1 aromatic carbocycles. The molecule has 1 N–H and O–H groups in total. The molecule has 1 atom stereocenters. The van der Waals surface area contributed by atoms with Gasteiger partial charge in [0.15, 0.2) is 0 Å². The SMILES string of the molecule is COc1ccc(C2CCNC2)cc1CN(C)C. The van der Waals surface area contributed by atoms with E-state index in [0.717, 1.165) is 25.4 Å². The average molecular weight is 234 g/mol. The van der Waals surface area contributed by atoms with E-state index in [4.69, 9.17) is 4.74 Å². The normalized spacial score (nSPS) is 19.9. The van der Waals surface area contributed by atoms with E-state index in [-0.39, 0.29) is 0 Å². The van der Waals surface area contributed by atoms with Gasteiger partial charge >= 0.3 is 0 Å². The van der Waals surface area contributed by atoms with Crippen molar-refractivity contribution in [3.05, 3.63) is 29.3 Å². The molecule has 0 spiro atoms. The van der Waals surface area contributed by atoms with Crippen molar-refractivity contribution in [1.29, 1.82) is 0 Å². The molecule has 0 aliphatic carbocycles. The van der Waals surface area contributed by atoms with Gasteiger partial charge in [0.2, 0.25) is 0 Å². The highest BCUT2D eigenvalue weighted by Crippen LogP contribution is 2.28. The smallest absolute Gasteiger partial charge is 0.123 e. The summed E-state index contributed by atoms with van der Waals surface area (Å²) in [6.45, 7) is 3.17. The van der Waals surface area contributed by atoms with Crippen LogP contribution in [0.2, 0.25) is 0 Å². The third kappa shape index (κ3) is 2.99. The molecule has 1 unspecified atom stereocenters. The van der Waals surface area contributed by atoms with Crippen molar-refractivity contribution < 1.29 is 4.74 Å². The molecule has 94 valence electrons. The van der Waals surface area contributed by atoms with Crippen molar-refractivity contribution >= 4 is 0 Å². The van der Waals surface area contributed by atoms with Gasteiger partial charge in [0.25, 0.3) is 0 Å². The number of methoxy groups -OCH3 is 1. The van der Waals surface area contributed by atoms with Crippen LogP contribution in [-0.4, -0.2) is 39.2 Å². The molecule has 1 aliphatic rings. The largest absolute Gasteiger partial charge is 0.496 e. The van der Waals surface area contributed by atoms with E-state index in [2.05, 4.69) is 42.5 Å². The van der Waals surface area contributed by atoms with Crippen LogP contribution < -0.4 is 10.1 Å². The van der Waals surface area contributed by atoms with Gasteiger partial charge in [0.05, 0.1) is 7.11 Å². The molecule has 0 saturated carbocycles. The van der Waals surface area contributed by atoms with Gasteiger partial charge < -0.3 is 15.0 Å². The summed E-state index contributed by atoms with van der Waals surface area (Å²) in [4.78, 5) is 2.18. The Morgan fingerprint density at radius 1 is 1.41 bits per heavy atom. The molecule has 1 heterocycles. The van der Waals surface area contributed by atoms with Crippen molar-refractivity contribution in [2.45, 2.75) is 18.9 Å². The van der Waals surface area contributed by atoms with Gasteiger partial charge in [-0.25, -0.2) is 0 Å². The average Bonchev–Trinajstić information content (AvgIpc) is 2.81. The van der Waals surface area contributed by atoms with Gasteiger partial charge in [-0.15, -0.1) is 0 Å². The molecule has 3 heteroatoms. The second-order valence-electron chi connectivity index (χ2n) is 5.00. The highest BCUT2D eigenvalue weighted by Gasteiger charge is 2.17. The van der Waals surface area contributed by atoms with E-state index in [1.807, 2.05) is 0 Å². The summed E-state index contributed by atoms with van der Waals surface area (Å²) >= 11 is 0. The van der Waals surface area contributed by atoms with Crippen LogP contribution >= 0.6 is 0 Å². The maximum atomic E-state index is 5.42. The Hall–Kier alpha value is -1.06. The minimum atomic E-state index is 0.668. The standard InChI is InChI=1S/C14H22N2O/c1-16(2)10-13-8-11(4-5-14(13)17-3)12-6-7-15-9-12/h4-5,8,12,15H,6-7,9-10H2,1-3H3. The molecule has 1 aromatic rings. The second kappa shape index (κ2) is 5.52. The number of rotatable bonds is 4. The minimum Gasteiger partial charge on any atom is -0.496 e. The molecule has 0 aromatic heterocycles. The zero-order valence-corrected chi connectivity index (χ0v) is 11.0. The minimum absolute atomic E-state index is 0.668. The molecular formula is C14H22N2O. The van der Waals surface area contributed by atoms with Crippen LogP contribution in [0.25, 0.3) is 0 Å². The van der Waals surface area contributed by atoms with Crippen LogP contribution in [0.15, 0.2) is 18.2 Å². The van der Waals surface area contributed by atoms with Crippen molar-refractivity contribution in [2.24, 2.45) is 0 Å².